The first kappa shape index (κ1) is 24.2. The Morgan fingerprint density at radius 1 is 1.00 bits per heavy atom. The number of anilines is 2. The molecule has 0 atom stereocenters. The third-order valence-electron chi connectivity index (χ3n) is 5.23. The molecule has 0 unspecified atom stereocenters. The van der Waals surface area contributed by atoms with Gasteiger partial charge in [-0.1, -0.05) is 26.0 Å². The van der Waals surface area contributed by atoms with E-state index < -0.39 is 0 Å². The molecular weight excluding hydrogens is 412 g/mol. The van der Waals surface area contributed by atoms with Gasteiger partial charge in [0.2, 0.25) is 5.88 Å². The Kier molecular flexibility index (Phi) is 9.18. The molecule has 3 rings (SSSR count). The SMILES string of the molecule is CCCN(CCC)c1cc(OCCc2ccccn2)nc(/C=N/Nc2ccc(C)c(C)c2)n1. The van der Waals surface area contributed by atoms with Crippen molar-refractivity contribution < 1.29 is 4.74 Å². The molecule has 2 heterocycles. The van der Waals surface area contributed by atoms with Crippen LogP contribution in [0.25, 0.3) is 0 Å². The van der Waals surface area contributed by atoms with Crippen molar-refractivity contribution in [3.63, 3.8) is 0 Å². The van der Waals surface area contributed by atoms with Crippen LogP contribution in [0.15, 0.2) is 53.8 Å². The molecule has 0 spiro atoms. The van der Waals surface area contributed by atoms with E-state index in [0.717, 1.165) is 43.1 Å². The van der Waals surface area contributed by atoms with E-state index in [0.29, 0.717) is 24.7 Å². The second kappa shape index (κ2) is 12.5. The molecule has 0 aliphatic rings. The van der Waals surface area contributed by atoms with E-state index in [1.165, 1.54) is 11.1 Å². The number of hydrogen-bond acceptors (Lipinski definition) is 7. The fourth-order valence-corrected chi connectivity index (χ4v) is 3.39. The molecule has 3 aromatic rings. The number of hydrazone groups is 1. The molecule has 174 valence electrons. The van der Waals surface area contributed by atoms with Gasteiger partial charge in [-0.05, 0) is 62.1 Å². The Morgan fingerprint density at radius 3 is 2.52 bits per heavy atom. The van der Waals surface area contributed by atoms with E-state index in [1.807, 2.05) is 30.3 Å². The van der Waals surface area contributed by atoms with Crippen LogP contribution in [0.4, 0.5) is 11.5 Å². The average Bonchev–Trinajstić information content (AvgIpc) is 2.82. The Morgan fingerprint density at radius 2 is 1.82 bits per heavy atom. The van der Waals surface area contributed by atoms with Gasteiger partial charge in [0.15, 0.2) is 5.82 Å². The fourth-order valence-electron chi connectivity index (χ4n) is 3.39. The van der Waals surface area contributed by atoms with E-state index in [1.54, 1.807) is 12.4 Å². The third kappa shape index (κ3) is 7.56. The minimum atomic E-state index is 0.493. The molecular formula is C26H34N6O. The van der Waals surface area contributed by atoms with Crippen LogP contribution in [0.1, 0.15) is 49.3 Å². The smallest absolute Gasteiger partial charge is 0.219 e. The summed E-state index contributed by atoms with van der Waals surface area (Å²) in [5.74, 6) is 1.91. The standard InChI is InChI=1S/C26H34N6O/c1-5-14-32(15-6-2)25-18-26(33-16-12-22-9-7-8-13-27-22)30-24(29-25)19-28-31-23-11-10-20(3)21(4)17-23/h7-11,13,17-19,31H,5-6,12,14-16H2,1-4H3/b28-19+. The van der Waals surface area contributed by atoms with Gasteiger partial charge in [0.05, 0.1) is 18.5 Å². The lowest BCUT2D eigenvalue weighted by atomic mass is 10.1. The highest BCUT2D eigenvalue weighted by atomic mass is 16.5. The van der Waals surface area contributed by atoms with Gasteiger partial charge in [-0.25, -0.2) is 4.98 Å². The largest absolute Gasteiger partial charge is 0.477 e. The highest BCUT2D eigenvalue weighted by Crippen LogP contribution is 2.19. The zero-order chi connectivity index (χ0) is 23.5. The Hall–Kier alpha value is -3.48. The van der Waals surface area contributed by atoms with Gasteiger partial charge >= 0.3 is 0 Å². The van der Waals surface area contributed by atoms with Gasteiger partial charge in [0.25, 0.3) is 0 Å². The van der Waals surface area contributed by atoms with E-state index in [4.69, 9.17) is 9.72 Å². The van der Waals surface area contributed by atoms with Crippen molar-refractivity contribution in [3.8, 4) is 5.88 Å². The molecule has 0 saturated heterocycles. The van der Waals surface area contributed by atoms with Crippen LogP contribution in [0.2, 0.25) is 0 Å². The van der Waals surface area contributed by atoms with Crippen molar-refractivity contribution >= 4 is 17.7 Å². The molecule has 1 N–H and O–H groups in total. The second-order valence-corrected chi connectivity index (χ2v) is 8.00. The molecule has 7 nitrogen and oxygen atoms in total. The maximum Gasteiger partial charge on any atom is 0.219 e. The number of aryl methyl sites for hydroxylation is 2. The van der Waals surface area contributed by atoms with Gasteiger partial charge in [-0.3, -0.25) is 10.4 Å². The first-order valence-electron chi connectivity index (χ1n) is 11.6. The number of pyridine rings is 1. The molecule has 2 aromatic heterocycles. The molecule has 33 heavy (non-hydrogen) atoms. The Bertz CT molecular complexity index is 1030. The van der Waals surface area contributed by atoms with Crippen LogP contribution in [-0.4, -0.2) is 40.9 Å². The van der Waals surface area contributed by atoms with Gasteiger partial charge in [0, 0.05) is 37.5 Å². The first-order chi connectivity index (χ1) is 16.1. The van der Waals surface area contributed by atoms with E-state index in [2.05, 4.69) is 65.2 Å². The van der Waals surface area contributed by atoms with Crippen molar-refractivity contribution in [2.45, 2.75) is 47.0 Å². The molecule has 0 amide bonds. The summed E-state index contributed by atoms with van der Waals surface area (Å²) in [6.07, 6.45) is 6.23. The maximum atomic E-state index is 5.99. The zero-order valence-electron chi connectivity index (χ0n) is 20.1. The molecule has 7 heteroatoms. The minimum Gasteiger partial charge on any atom is -0.477 e. The summed E-state index contributed by atoms with van der Waals surface area (Å²) in [5.41, 5.74) is 7.45. The van der Waals surface area contributed by atoms with Crippen molar-refractivity contribution in [2.75, 3.05) is 30.0 Å². The highest BCUT2D eigenvalue weighted by Gasteiger charge is 2.11. The second-order valence-electron chi connectivity index (χ2n) is 8.00. The van der Waals surface area contributed by atoms with E-state index in [-0.39, 0.29) is 0 Å². The predicted octanol–water partition coefficient (Wildman–Crippen LogP) is 5.18. The highest BCUT2D eigenvalue weighted by molar-refractivity contribution is 5.76. The minimum absolute atomic E-state index is 0.493. The quantitative estimate of drug-likeness (QED) is 0.305. The lowest BCUT2D eigenvalue weighted by Crippen LogP contribution is -2.26. The van der Waals surface area contributed by atoms with Crippen molar-refractivity contribution in [1.29, 1.82) is 0 Å². The number of nitrogens with one attached hydrogen (secondary N) is 1. The van der Waals surface area contributed by atoms with Crippen LogP contribution in [0.5, 0.6) is 5.88 Å². The summed E-state index contributed by atoms with van der Waals surface area (Å²) < 4.78 is 5.99. The first-order valence-corrected chi connectivity index (χ1v) is 11.6. The number of rotatable bonds is 12. The van der Waals surface area contributed by atoms with Gasteiger partial charge < -0.3 is 9.64 Å². The fraction of sp³-hybridized carbons (Fsp3) is 0.385. The molecule has 1 aromatic carbocycles. The van der Waals surface area contributed by atoms with Gasteiger partial charge in [0.1, 0.15) is 5.82 Å². The summed E-state index contributed by atoms with van der Waals surface area (Å²) in [6, 6.07) is 14.0. The molecule has 0 radical (unpaired) electrons. The van der Waals surface area contributed by atoms with Crippen molar-refractivity contribution in [1.82, 2.24) is 15.0 Å². The number of aromatic nitrogens is 3. The summed E-state index contributed by atoms with van der Waals surface area (Å²) in [5, 5.41) is 4.36. The van der Waals surface area contributed by atoms with Crippen molar-refractivity contribution in [2.24, 2.45) is 5.10 Å². The molecule has 0 aliphatic carbocycles. The molecule has 0 fully saturated rings. The Balaban J connectivity index is 1.76. The van der Waals surface area contributed by atoms with Gasteiger partial charge in [-0.2, -0.15) is 10.1 Å². The summed E-state index contributed by atoms with van der Waals surface area (Å²) >= 11 is 0. The lowest BCUT2D eigenvalue weighted by molar-refractivity contribution is 0.307. The van der Waals surface area contributed by atoms with Crippen molar-refractivity contribution in [3.05, 3.63) is 71.3 Å². The summed E-state index contributed by atoms with van der Waals surface area (Å²) in [7, 11) is 0. The number of nitrogens with zero attached hydrogens (tertiary/aromatic N) is 5. The monoisotopic (exact) mass is 446 g/mol. The van der Waals surface area contributed by atoms with E-state index in [9.17, 15) is 0 Å². The topological polar surface area (TPSA) is 75.5 Å². The van der Waals surface area contributed by atoms with Gasteiger partial charge in [-0.15, -0.1) is 0 Å². The van der Waals surface area contributed by atoms with Crippen LogP contribution < -0.4 is 15.1 Å². The van der Waals surface area contributed by atoms with Crippen LogP contribution >= 0.6 is 0 Å². The third-order valence-corrected chi connectivity index (χ3v) is 5.23. The average molecular weight is 447 g/mol. The Labute approximate surface area is 197 Å². The summed E-state index contributed by atoms with van der Waals surface area (Å²) in [6.45, 7) is 10.9. The number of hydrogen-bond donors (Lipinski definition) is 1. The maximum absolute atomic E-state index is 5.99. The molecule has 0 saturated carbocycles. The normalized spacial score (nSPS) is 11.0. The number of ether oxygens (including phenoxy) is 1. The molecule has 0 aliphatic heterocycles. The van der Waals surface area contributed by atoms with Crippen LogP contribution in [0, 0.1) is 13.8 Å². The van der Waals surface area contributed by atoms with Crippen LogP contribution in [-0.2, 0) is 6.42 Å². The van der Waals surface area contributed by atoms with Crippen LogP contribution in [0.3, 0.4) is 0 Å². The van der Waals surface area contributed by atoms with E-state index >= 15 is 0 Å². The lowest BCUT2D eigenvalue weighted by Gasteiger charge is -2.23. The summed E-state index contributed by atoms with van der Waals surface area (Å²) in [4.78, 5) is 15.9. The number of benzene rings is 1. The zero-order valence-corrected chi connectivity index (χ0v) is 20.1. The molecule has 0 bridgehead atoms. The predicted molar refractivity (Wildman–Crippen MR) is 135 cm³/mol.